The van der Waals surface area contributed by atoms with Gasteiger partial charge in [-0.15, -0.1) is 0 Å². The van der Waals surface area contributed by atoms with E-state index in [1.165, 1.54) is 94.7 Å². The van der Waals surface area contributed by atoms with Crippen molar-refractivity contribution in [2.75, 3.05) is 31.4 Å². The zero-order valence-electron chi connectivity index (χ0n) is 40.9. The number of unbranched alkanes of at least 4 members (excludes halogenated alkanes) is 3. The second-order valence-corrected chi connectivity index (χ2v) is 16.3. The Hall–Kier alpha value is -4.22. The molecule has 1 unspecified atom stereocenters. The zero-order valence-corrected chi connectivity index (χ0v) is 42.5. The molecule has 0 saturated carbocycles. The molecule has 0 saturated heterocycles. The molecule has 61 heavy (non-hydrogen) atoms. The topological polar surface area (TPSA) is 32.5 Å². The van der Waals surface area contributed by atoms with Crippen molar-refractivity contribution in [3.05, 3.63) is 131 Å². The lowest BCUT2D eigenvalue weighted by molar-refractivity contribution is -0.401. The minimum Gasteiger partial charge on any atom is -0.465 e. The van der Waals surface area contributed by atoms with E-state index in [-0.39, 0.29) is 16.8 Å². The number of alkyl halides is 1. The van der Waals surface area contributed by atoms with E-state index in [1.807, 2.05) is 66.5 Å². The summed E-state index contributed by atoms with van der Waals surface area (Å²) in [6.07, 6.45) is 18.0. The number of hydrogen-bond acceptors (Lipinski definition) is 3. The van der Waals surface area contributed by atoms with E-state index in [1.54, 1.807) is 0 Å². The Kier molecular flexibility index (Phi) is 22.3. The minimum absolute atomic E-state index is 0.208. The van der Waals surface area contributed by atoms with Crippen molar-refractivity contribution in [3.8, 4) is 0 Å². The van der Waals surface area contributed by atoms with Crippen LogP contribution in [0.1, 0.15) is 140 Å². The van der Waals surface area contributed by atoms with Crippen LogP contribution in [0.2, 0.25) is 0 Å². The average molecular weight is 893 g/mol. The van der Waals surface area contributed by atoms with E-state index >= 15 is 0 Å². The standard InChI is InChI=1S/C49H59N2O2.3C2H6.CH3Br/c1-10-34(2)20-13-11-12-18-33-51-42-31-29-37-22-15-17-24-40(37)46(42)49(6,7)44(51)32-27-35(3)38(47(52)53-9)25-19-26-43-48(4,5)45-39-23-16-14-21-36(39)28-30-41(45)50(43)8;4*1-2/h14-17,19,21-32,34H,10-13,18,20,33H2,1-9H3;3*1-2H3;1H3/q+1;;;;. The lowest BCUT2D eigenvalue weighted by Crippen LogP contribution is -2.27. The van der Waals surface area contributed by atoms with Crippen molar-refractivity contribution < 1.29 is 14.1 Å². The molecule has 0 bridgehead atoms. The molecule has 5 heteroatoms. The molecule has 2 aliphatic heterocycles. The van der Waals surface area contributed by atoms with Gasteiger partial charge in [0.25, 0.3) is 0 Å². The highest BCUT2D eigenvalue weighted by Crippen LogP contribution is 2.51. The predicted octanol–water partition coefficient (Wildman–Crippen LogP) is 16.4. The normalized spacial score (nSPS) is 16.1. The second-order valence-electron chi connectivity index (χ2n) is 16.3. The van der Waals surface area contributed by atoms with Crippen LogP contribution in [0.5, 0.6) is 0 Å². The molecule has 0 spiro atoms. The number of halogens is 1. The minimum atomic E-state index is -0.339. The Morgan fingerprint density at radius 1 is 0.770 bits per heavy atom. The summed E-state index contributed by atoms with van der Waals surface area (Å²) in [5.74, 6) is 2.29. The molecule has 0 aromatic heterocycles. The SMILES string of the molecule is CBr.CC.CC.CC.CCC(C)CCCCCCN1/C(=C/C=C(C)/C(=C/C=C/C2=[N+](C)c3ccc4ccccc4c3C2(C)C)C(=O)OC)C(C)(C)c2c1ccc1ccccc21. The number of carbonyl (C=O) groups is 1. The van der Waals surface area contributed by atoms with E-state index in [4.69, 9.17) is 4.74 Å². The number of rotatable bonds is 13. The van der Waals surface area contributed by atoms with Crippen LogP contribution in [-0.4, -0.2) is 42.8 Å². The van der Waals surface area contributed by atoms with Crippen LogP contribution < -0.4 is 4.90 Å². The van der Waals surface area contributed by atoms with Gasteiger partial charge in [-0.3, -0.25) is 0 Å². The van der Waals surface area contributed by atoms with Crippen molar-refractivity contribution in [1.82, 2.24) is 0 Å². The monoisotopic (exact) mass is 892 g/mol. The number of allylic oxidation sites excluding steroid dienone is 6. The summed E-state index contributed by atoms with van der Waals surface area (Å²) in [7, 11) is 3.59. The van der Waals surface area contributed by atoms with Crippen LogP contribution in [-0.2, 0) is 20.4 Å². The summed E-state index contributed by atoms with van der Waals surface area (Å²) < 4.78 is 7.61. The van der Waals surface area contributed by atoms with Gasteiger partial charge in [-0.1, -0.05) is 184 Å². The molecule has 0 N–H and O–H groups in total. The molecule has 1 atom stereocenters. The van der Waals surface area contributed by atoms with Crippen molar-refractivity contribution in [2.24, 2.45) is 5.92 Å². The maximum Gasteiger partial charge on any atom is 0.338 e. The summed E-state index contributed by atoms with van der Waals surface area (Å²) in [4.78, 5) is 15.8. The van der Waals surface area contributed by atoms with E-state index < -0.39 is 0 Å². The zero-order chi connectivity index (χ0) is 45.9. The van der Waals surface area contributed by atoms with Crippen LogP contribution >= 0.6 is 15.9 Å². The summed E-state index contributed by atoms with van der Waals surface area (Å²) >= 11 is 2.94. The highest BCUT2D eigenvalue weighted by atomic mass is 79.9. The molecule has 4 aromatic carbocycles. The fourth-order valence-electron chi connectivity index (χ4n) is 8.79. The molecular formula is C56H80BrN2O2+. The first-order valence-corrected chi connectivity index (χ1v) is 24.7. The van der Waals surface area contributed by atoms with Crippen molar-refractivity contribution >= 4 is 60.5 Å². The van der Waals surface area contributed by atoms with Gasteiger partial charge < -0.3 is 9.64 Å². The maximum atomic E-state index is 13.3. The van der Waals surface area contributed by atoms with Gasteiger partial charge in [-0.2, -0.15) is 4.58 Å². The number of esters is 1. The third-order valence-corrected chi connectivity index (χ3v) is 12.0. The Bertz CT molecular complexity index is 2180. The van der Waals surface area contributed by atoms with Gasteiger partial charge in [0.2, 0.25) is 5.69 Å². The Morgan fingerprint density at radius 3 is 1.92 bits per heavy atom. The largest absolute Gasteiger partial charge is 0.465 e. The molecule has 4 aromatic rings. The van der Waals surface area contributed by atoms with Gasteiger partial charge in [-0.05, 0) is 95.9 Å². The van der Waals surface area contributed by atoms with E-state index in [9.17, 15) is 4.79 Å². The fraction of sp³-hybridized carbons (Fsp3) is 0.464. The van der Waals surface area contributed by atoms with Gasteiger partial charge in [-0.25, -0.2) is 4.79 Å². The van der Waals surface area contributed by atoms with Gasteiger partial charge >= 0.3 is 5.97 Å². The Balaban J connectivity index is 0.00000151. The lowest BCUT2D eigenvalue weighted by atomic mass is 9.79. The summed E-state index contributed by atoms with van der Waals surface area (Å²) in [6, 6.07) is 26.4. The predicted molar refractivity (Wildman–Crippen MR) is 275 cm³/mol. The van der Waals surface area contributed by atoms with Crippen LogP contribution in [0.15, 0.2) is 120 Å². The first-order valence-electron chi connectivity index (χ1n) is 23.1. The summed E-state index contributed by atoms with van der Waals surface area (Å²) in [5.41, 5.74) is 8.67. The van der Waals surface area contributed by atoms with Gasteiger partial charge in [0.05, 0.1) is 18.1 Å². The molecule has 6 rings (SSSR count). The highest BCUT2D eigenvalue weighted by Gasteiger charge is 2.44. The van der Waals surface area contributed by atoms with Crippen molar-refractivity contribution in [2.45, 2.75) is 139 Å². The number of methoxy groups -OCH3 is 1. The van der Waals surface area contributed by atoms with Crippen LogP contribution in [0.4, 0.5) is 11.4 Å². The Labute approximate surface area is 380 Å². The van der Waals surface area contributed by atoms with E-state index in [0.717, 1.165) is 24.5 Å². The molecule has 332 valence electrons. The van der Waals surface area contributed by atoms with E-state index in [2.05, 4.69) is 165 Å². The first kappa shape index (κ1) is 52.9. The number of hydrogen-bond donors (Lipinski definition) is 0. The molecule has 2 heterocycles. The van der Waals surface area contributed by atoms with Gasteiger partial charge in [0.15, 0.2) is 5.71 Å². The van der Waals surface area contributed by atoms with Gasteiger partial charge in [0, 0.05) is 41.1 Å². The molecule has 2 aliphatic rings. The van der Waals surface area contributed by atoms with Crippen LogP contribution in [0, 0.1) is 5.92 Å². The van der Waals surface area contributed by atoms with Crippen molar-refractivity contribution in [3.63, 3.8) is 0 Å². The number of benzene rings is 4. The van der Waals surface area contributed by atoms with Crippen molar-refractivity contribution in [1.29, 1.82) is 0 Å². The maximum absolute atomic E-state index is 13.3. The molecular weight excluding hydrogens is 813 g/mol. The average Bonchev–Trinajstić information content (AvgIpc) is 3.64. The number of ether oxygens (including phenoxy) is 1. The smallest absolute Gasteiger partial charge is 0.338 e. The number of carbonyl (C=O) groups excluding carboxylic acids is 1. The summed E-state index contributed by atoms with van der Waals surface area (Å²) in [6.45, 7) is 28.9. The van der Waals surface area contributed by atoms with E-state index in [0.29, 0.717) is 5.57 Å². The molecule has 4 nitrogen and oxygen atoms in total. The van der Waals surface area contributed by atoms with Crippen LogP contribution in [0.25, 0.3) is 21.5 Å². The van der Waals surface area contributed by atoms with Gasteiger partial charge in [0.1, 0.15) is 7.05 Å². The fourth-order valence-corrected chi connectivity index (χ4v) is 8.79. The molecule has 0 amide bonds. The number of anilines is 1. The third kappa shape index (κ3) is 12.0. The third-order valence-electron chi connectivity index (χ3n) is 12.0. The second kappa shape index (κ2) is 25.7. The highest BCUT2D eigenvalue weighted by molar-refractivity contribution is 9.08. The first-order chi connectivity index (χ1) is 29.4. The molecule has 0 radical (unpaired) electrons. The number of nitrogens with zero attached hydrogens (tertiary/aromatic N) is 2. The molecule has 0 fully saturated rings. The Morgan fingerprint density at radius 2 is 1.33 bits per heavy atom. The number of fused-ring (bicyclic) bond motifs is 6. The van der Waals surface area contributed by atoms with Crippen LogP contribution in [0.3, 0.4) is 0 Å². The lowest BCUT2D eigenvalue weighted by Gasteiger charge is -2.27. The quantitative estimate of drug-likeness (QED) is 0.0335. The molecule has 0 aliphatic carbocycles. The summed E-state index contributed by atoms with van der Waals surface area (Å²) in [5, 5.41) is 5.11.